The lowest BCUT2D eigenvalue weighted by Crippen LogP contribution is -2.42. The van der Waals surface area contributed by atoms with E-state index in [0.29, 0.717) is 19.1 Å². The van der Waals surface area contributed by atoms with E-state index in [-0.39, 0.29) is 5.91 Å². The molecule has 0 spiro atoms. The number of carbonyl (C=O) groups is 1. The lowest BCUT2D eigenvalue weighted by Gasteiger charge is -2.32. The van der Waals surface area contributed by atoms with E-state index in [1.54, 1.807) is 17.5 Å². The van der Waals surface area contributed by atoms with Gasteiger partial charge in [0.25, 0.3) is 0 Å². The molecule has 0 bridgehead atoms. The predicted octanol–water partition coefficient (Wildman–Crippen LogP) is 2.81. The van der Waals surface area contributed by atoms with Crippen molar-refractivity contribution in [2.75, 3.05) is 18.4 Å². The molecular weight excluding hydrogens is 296 g/mol. The Hall–Kier alpha value is -1.66. The summed E-state index contributed by atoms with van der Waals surface area (Å²) in [5.41, 5.74) is 0. The van der Waals surface area contributed by atoms with E-state index in [4.69, 9.17) is 0 Å². The minimum atomic E-state index is 0.0432. The minimum Gasteiger partial charge on any atom is -0.310 e. The molecule has 1 aliphatic heterocycles. The largest absolute Gasteiger partial charge is 0.310 e. The third kappa shape index (κ3) is 3.75. The molecule has 1 atom stereocenters. The van der Waals surface area contributed by atoms with Crippen LogP contribution in [0.4, 0.5) is 5.82 Å². The van der Waals surface area contributed by atoms with Gasteiger partial charge in [-0.3, -0.25) is 9.69 Å². The first-order valence-corrected chi connectivity index (χ1v) is 8.68. The maximum atomic E-state index is 12.3. The van der Waals surface area contributed by atoms with Crippen molar-refractivity contribution in [3.63, 3.8) is 0 Å². The summed E-state index contributed by atoms with van der Waals surface area (Å²) in [4.78, 5) is 15.8. The van der Waals surface area contributed by atoms with Gasteiger partial charge in [-0.1, -0.05) is 12.5 Å². The number of anilines is 1. The zero-order valence-electron chi connectivity index (χ0n) is 12.9. The van der Waals surface area contributed by atoms with Crippen molar-refractivity contribution >= 4 is 23.1 Å². The van der Waals surface area contributed by atoms with E-state index in [9.17, 15) is 4.79 Å². The van der Waals surface area contributed by atoms with Crippen molar-refractivity contribution in [3.05, 3.63) is 34.7 Å². The number of piperidine rings is 1. The van der Waals surface area contributed by atoms with Crippen molar-refractivity contribution < 1.29 is 4.79 Å². The Morgan fingerprint density at radius 1 is 1.45 bits per heavy atom. The molecule has 22 heavy (non-hydrogen) atoms. The fourth-order valence-corrected chi connectivity index (χ4v) is 3.56. The van der Waals surface area contributed by atoms with Crippen LogP contribution in [-0.4, -0.2) is 39.7 Å². The van der Waals surface area contributed by atoms with Crippen molar-refractivity contribution in [2.24, 2.45) is 0 Å². The highest BCUT2D eigenvalue weighted by Crippen LogP contribution is 2.17. The van der Waals surface area contributed by atoms with Gasteiger partial charge in [-0.15, -0.1) is 11.3 Å². The molecule has 1 N–H and O–H groups in total. The Bertz CT molecular complexity index is 607. The topological polar surface area (TPSA) is 50.2 Å². The van der Waals surface area contributed by atoms with Gasteiger partial charge in [-0.25, -0.2) is 4.68 Å². The number of nitrogens with one attached hydrogen (secondary N) is 1. The van der Waals surface area contributed by atoms with E-state index in [1.165, 1.54) is 24.1 Å². The molecule has 2 aromatic rings. The second-order valence-electron chi connectivity index (χ2n) is 5.82. The van der Waals surface area contributed by atoms with Gasteiger partial charge in [0.15, 0.2) is 0 Å². The molecule has 1 fully saturated rings. The molecule has 0 radical (unpaired) electrons. The number of hydrogen-bond donors (Lipinski definition) is 1. The van der Waals surface area contributed by atoms with Crippen LogP contribution in [0.3, 0.4) is 0 Å². The second kappa shape index (κ2) is 7.07. The lowest BCUT2D eigenvalue weighted by molar-refractivity contribution is -0.118. The maximum Gasteiger partial charge on any atom is 0.239 e. The molecule has 1 unspecified atom stereocenters. The van der Waals surface area contributed by atoms with Gasteiger partial charge >= 0.3 is 0 Å². The number of thiophene rings is 1. The van der Waals surface area contributed by atoms with Crippen molar-refractivity contribution in [1.29, 1.82) is 0 Å². The molecule has 5 nitrogen and oxygen atoms in total. The molecule has 0 aliphatic carbocycles. The van der Waals surface area contributed by atoms with E-state index >= 15 is 0 Å². The standard InChI is InChI=1S/C16H22N4OS/c1-13-5-2-3-9-19(13)12-16(21)18-15-7-8-17-20(15)11-14-6-4-10-22-14/h4,6-8,10,13H,2-3,5,9,11-12H2,1H3,(H,18,21). The van der Waals surface area contributed by atoms with E-state index in [1.807, 2.05) is 16.8 Å². The van der Waals surface area contributed by atoms with Crippen LogP contribution in [0.15, 0.2) is 29.8 Å². The number of hydrogen-bond acceptors (Lipinski definition) is 4. The van der Waals surface area contributed by atoms with E-state index in [2.05, 4.69) is 33.7 Å². The van der Waals surface area contributed by atoms with Crippen molar-refractivity contribution in [3.8, 4) is 0 Å². The summed E-state index contributed by atoms with van der Waals surface area (Å²) in [5, 5.41) is 9.35. The van der Waals surface area contributed by atoms with E-state index < -0.39 is 0 Å². The summed E-state index contributed by atoms with van der Waals surface area (Å²) in [7, 11) is 0. The zero-order valence-corrected chi connectivity index (χ0v) is 13.7. The van der Waals surface area contributed by atoms with Crippen LogP contribution >= 0.6 is 11.3 Å². The number of likely N-dealkylation sites (tertiary alicyclic amines) is 1. The molecule has 118 valence electrons. The first-order valence-electron chi connectivity index (χ1n) is 7.80. The second-order valence-corrected chi connectivity index (χ2v) is 6.85. The molecule has 3 rings (SSSR count). The third-order valence-electron chi connectivity index (χ3n) is 4.16. The first-order chi connectivity index (χ1) is 10.7. The van der Waals surface area contributed by atoms with Gasteiger partial charge in [0.1, 0.15) is 5.82 Å². The van der Waals surface area contributed by atoms with Crippen LogP contribution in [0, 0.1) is 0 Å². The molecule has 0 saturated carbocycles. The first kappa shape index (κ1) is 15.2. The summed E-state index contributed by atoms with van der Waals surface area (Å²) in [6.45, 7) is 4.38. The molecule has 0 aromatic carbocycles. The van der Waals surface area contributed by atoms with E-state index in [0.717, 1.165) is 12.4 Å². The molecule has 1 aliphatic rings. The van der Waals surface area contributed by atoms with Gasteiger partial charge in [-0.05, 0) is 37.8 Å². The van der Waals surface area contributed by atoms with Gasteiger partial charge in [0.2, 0.25) is 5.91 Å². The molecule has 1 amide bonds. The third-order valence-corrected chi connectivity index (χ3v) is 5.02. The summed E-state index contributed by atoms with van der Waals surface area (Å²) in [5.74, 6) is 0.810. The zero-order chi connectivity index (χ0) is 15.4. The van der Waals surface area contributed by atoms with Crippen LogP contribution in [0.5, 0.6) is 0 Å². The van der Waals surface area contributed by atoms with Crippen LogP contribution in [0.1, 0.15) is 31.1 Å². The smallest absolute Gasteiger partial charge is 0.239 e. The minimum absolute atomic E-state index is 0.0432. The van der Waals surface area contributed by atoms with Crippen LogP contribution in [-0.2, 0) is 11.3 Å². The Kier molecular flexibility index (Phi) is 4.90. The number of amides is 1. The van der Waals surface area contributed by atoms with Gasteiger partial charge in [0, 0.05) is 17.0 Å². The summed E-state index contributed by atoms with van der Waals surface area (Å²) < 4.78 is 1.84. The summed E-state index contributed by atoms with van der Waals surface area (Å²) >= 11 is 1.70. The number of carbonyl (C=O) groups excluding carboxylic acids is 1. The Morgan fingerprint density at radius 2 is 2.36 bits per heavy atom. The lowest BCUT2D eigenvalue weighted by atomic mass is 10.0. The fourth-order valence-electron chi connectivity index (χ4n) is 2.87. The van der Waals surface area contributed by atoms with Crippen molar-refractivity contribution in [2.45, 2.75) is 38.8 Å². The predicted molar refractivity (Wildman–Crippen MR) is 89.2 cm³/mol. The van der Waals surface area contributed by atoms with Crippen LogP contribution in [0.2, 0.25) is 0 Å². The highest BCUT2D eigenvalue weighted by atomic mass is 32.1. The number of aromatic nitrogens is 2. The molecule has 6 heteroatoms. The van der Waals surface area contributed by atoms with Gasteiger partial charge in [-0.2, -0.15) is 5.10 Å². The highest BCUT2D eigenvalue weighted by Gasteiger charge is 2.21. The molecular formula is C16H22N4OS. The van der Waals surface area contributed by atoms with Crippen molar-refractivity contribution in [1.82, 2.24) is 14.7 Å². The maximum absolute atomic E-state index is 12.3. The Balaban J connectivity index is 1.58. The average molecular weight is 318 g/mol. The Labute approximate surface area is 134 Å². The average Bonchev–Trinajstić information content (AvgIpc) is 3.15. The highest BCUT2D eigenvalue weighted by molar-refractivity contribution is 7.09. The Morgan fingerprint density at radius 3 is 3.14 bits per heavy atom. The molecule has 3 heterocycles. The van der Waals surface area contributed by atoms with Gasteiger partial charge in [0.05, 0.1) is 19.3 Å². The van der Waals surface area contributed by atoms with Crippen LogP contribution in [0.25, 0.3) is 0 Å². The van der Waals surface area contributed by atoms with Crippen LogP contribution < -0.4 is 5.32 Å². The molecule has 1 saturated heterocycles. The fraction of sp³-hybridized carbons (Fsp3) is 0.500. The molecule has 2 aromatic heterocycles. The quantitative estimate of drug-likeness (QED) is 0.922. The summed E-state index contributed by atoms with van der Waals surface area (Å²) in [6.07, 6.45) is 5.37. The monoisotopic (exact) mass is 318 g/mol. The summed E-state index contributed by atoms with van der Waals surface area (Å²) in [6, 6.07) is 6.45. The van der Waals surface area contributed by atoms with Gasteiger partial charge < -0.3 is 5.32 Å². The number of nitrogens with zero attached hydrogens (tertiary/aromatic N) is 3. The number of rotatable bonds is 5. The SMILES string of the molecule is CC1CCCCN1CC(=O)Nc1ccnn1Cc1cccs1. The normalized spacial score (nSPS) is 19.2.